The molecule has 0 aromatic carbocycles. The van der Waals surface area contributed by atoms with E-state index in [1.54, 1.807) is 0 Å². The standard InChI is InChI=1S/C14H22N4/c15-10-13-2-1-5-16-14(13)18-8-6-17(7-9-18)11-12-3-4-12/h1-2,5,12H,3-4,6-11,15H2. The van der Waals surface area contributed by atoms with Gasteiger partial charge in [-0.1, -0.05) is 6.07 Å². The van der Waals surface area contributed by atoms with Crippen molar-refractivity contribution in [2.24, 2.45) is 11.7 Å². The van der Waals surface area contributed by atoms with Gasteiger partial charge >= 0.3 is 0 Å². The highest BCUT2D eigenvalue weighted by molar-refractivity contribution is 5.47. The van der Waals surface area contributed by atoms with Crippen molar-refractivity contribution < 1.29 is 0 Å². The third-order valence-electron chi connectivity index (χ3n) is 3.97. The Morgan fingerprint density at radius 1 is 1.22 bits per heavy atom. The molecular weight excluding hydrogens is 224 g/mol. The monoisotopic (exact) mass is 246 g/mol. The van der Waals surface area contributed by atoms with Gasteiger partial charge in [0.25, 0.3) is 0 Å². The fourth-order valence-corrected chi connectivity index (χ4v) is 2.68. The molecule has 0 atom stereocenters. The number of nitrogens with two attached hydrogens (primary N) is 1. The predicted molar refractivity (Wildman–Crippen MR) is 73.5 cm³/mol. The molecule has 2 heterocycles. The minimum Gasteiger partial charge on any atom is -0.354 e. The molecule has 0 radical (unpaired) electrons. The van der Waals surface area contributed by atoms with Crippen LogP contribution in [0.25, 0.3) is 0 Å². The molecule has 1 saturated heterocycles. The van der Waals surface area contributed by atoms with E-state index in [2.05, 4.69) is 20.9 Å². The van der Waals surface area contributed by atoms with E-state index < -0.39 is 0 Å². The summed E-state index contributed by atoms with van der Waals surface area (Å²) in [5.41, 5.74) is 6.94. The van der Waals surface area contributed by atoms with Crippen LogP contribution in [0, 0.1) is 5.92 Å². The van der Waals surface area contributed by atoms with Crippen LogP contribution in [-0.4, -0.2) is 42.6 Å². The van der Waals surface area contributed by atoms with Crippen LogP contribution >= 0.6 is 0 Å². The summed E-state index contributed by atoms with van der Waals surface area (Å²) >= 11 is 0. The molecule has 0 amide bonds. The molecule has 0 spiro atoms. The Labute approximate surface area is 109 Å². The summed E-state index contributed by atoms with van der Waals surface area (Å²) < 4.78 is 0. The lowest BCUT2D eigenvalue weighted by molar-refractivity contribution is 0.247. The van der Waals surface area contributed by atoms with Crippen molar-refractivity contribution >= 4 is 5.82 Å². The van der Waals surface area contributed by atoms with E-state index in [-0.39, 0.29) is 0 Å². The average Bonchev–Trinajstić information content (AvgIpc) is 3.24. The minimum atomic E-state index is 0.575. The molecule has 2 aliphatic rings. The van der Waals surface area contributed by atoms with E-state index in [0.717, 1.165) is 43.5 Å². The van der Waals surface area contributed by atoms with Gasteiger partial charge in [0.05, 0.1) is 0 Å². The van der Waals surface area contributed by atoms with E-state index in [0.29, 0.717) is 6.54 Å². The molecule has 1 saturated carbocycles. The Morgan fingerprint density at radius 3 is 2.67 bits per heavy atom. The molecule has 1 aromatic heterocycles. The number of rotatable bonds is 4. The van der Waals surface area contributed by atoms with Gasteiger partial charge < -0.3 is 10.6 Å². The number of pyridine rings is 1. The summed E-state index contributed by atoms with van der Waals surface area (Å²) in [5, 5.41) is 0. The van der Waals surface area contributed by atoms with Crippen LogP contribution in [-0.2, 0) is 6.54 Å². The number of hydrogen-bond donors (Lipinski definition) is 1. The van der Waals surface area contributed by atoms with Gasteiger partial charge in [-0.3, -0.25) is 4.90 Å². The van der Waals surface area contributed by atoms with E-state index >= 15 is 0 Å². The molecule has 1 aliphatic carbocycles. The first kappa shape index (κ1) is 11.9. The van der Waals surface area contributed by atoms with Gasteiger partial charge in [0.15, 0.2) is 0 Å². The number of hydrogen-bond acceptors (Lipinski definition) is 4. The Morgan fingerprint density at radius 2 is 2.00 bits per heavy atom. The second-order valence-electron chi connectivity index (χ2n) is 5.42. The molecule has 2 N–H and O–H groups in total. The lowest BCUT2D eigenvalue weighted by atomic mass is 10.2. The SMILES string of the molecule is NCc1cccnc1N1CCN(CC2CC2)CC1. The summed E-state index contributed by atoms with van der Waals surface area (Å²) in [6.45, 7) is 6.37. The number of aromatic nitrogens is 1. The Kier molecular flexibility index (Phi) is 3.48. The molecule has 98 valence electrons. The normalized spacial score (nSPS) is 21.3. The smallest absolute Gasteiger partial charge is 0.133 e. The first-order valence-electron chi connectivity index (χ1n) is 6.98. The van der Waals surface area contributed by atoms with E-state index in [1.165, 1.54) is 19.4 Å². The topological polar surface area (TPSA) is 45.4 Å². The molecule has 1 aliphatic heterocycles. The van der Waals surface area contributed by atoms with Crippen molar-refractivity contribution in [1.82, 2.24) is 9.88 Å². The zero-order chi connectivity index (χ0) is 12.4. The maximum Gasteiger partial charge on any atom is 0.133 e. The lowest BCUT2D eigenvalue weighted by Gasteiger charge is -2.36. The van der Waals surface area contributed by atoms with Crippen molar-refractivity contribution in [2.75, 3.05) is 37.6 Å². The van der Waals surface area contributed by atoms with Crippen LogP contribution in [0.2, 0.25) is 0 Å². The van der Waals surface area contributed by atoms with E-state index in [9.17, 15) is 0 Å². The van der Waals surface area contributed by atoms with Crippen LogP contribution < -0.4 is 10.6 Å². The number of anilines is 1. The van der Waals surface area contributed by atoms with E-state index in [4.69, 9.17) is 5.73 Å². The fourth-order valence-electron chi connectivity index (χ4n) is 2.68. The van der Waals surface area contributed by atoms with Crippen molar-refractivity contribution in [3.8, 4) is 0 Å². The van der Waals surface area contributed by atoms with Gasteiger partial charge in [-0.15, -0.1) is 0 Å². The minimum absolute atomic E-state index is 0.575. The molecule has 0 unspecified atom stereocenters. The summed E-state index contributed by atoms with van der Waals surface area (Å²) in [6, 6.07) is 4.05. The van der Waals surface area contributed by atoms with E-state index in [1.807, 2.05) is 12.3 Å². The summed E-state index contributed by atoms with van der Waals surface area (Å²) in [4.78, 5) is 9.48. The molecular formula is C14H22N4. The third-order valence-corrected chi connectivity index (χ3v) is 3.97. The second kappa shape index (κ2) is 5.24. The summed E-state index contributed by atoms with van der Waals surface area (Å²) in [5.74, 6) is 2.08. The van der Waals surface area contributed by atoms with Gasteiger partial charge in [0.1, 0.15) is 5.82 Å². The van der Waals surface area contributed by atoms with Gasteiger partial charge in [-0.05, 0) is 24.8 Å². The number of nitrogens with zero attached hydrogens (tertiary/aromatic N) is 3. The highest BCUT2D eigenvalue weighted by atomic mass is 15.3. The zero-order valence-corrected chi connectivity index (χ0v) is 10.9. The highest BCUT2D eigenvalue weighted by Crippen LogP contribution is 2.30. The second-order valence-corrected chi connectivity index (χ2v) is 5.42. The zero-order valence-electron chi connectivity index (χ0n) is 10.9. The van der Waals surface area contributed by atoms with Gasteiger partial charge in [0, 0.05) is 51.0 Å². The van der Waals surface area contributed by atoms with Crippen LogP contribution in [0.3, 0.4) is 0 Å². The Hall–Kier alpha value is -1.13. The molecule has 3 rings (SSSR count). The Balaban J connectivity index is 1.60. The van der Waals surface area contributed by atoms with Crippen LogP contribution in [0.15, 0.2) is 18.3 Å². The molecule has 2 fully saturated rings. The van der Waals surface area contributed by atoms with Crippen molar-refractivity contribution in [1.29, 1.82) is 0 Å². The van der Waals surface area contributed by atoms with Crippen molar-refractivity contribution in [3.05, 3.63) is 23.9 Å². The molecule has 4 heteroatoms. The Bertz CT molecular complexity index is 395. The van der Waals surface area contributed by atoms with Gasteiger partial charge in [-0.25, -0.2) is 4.98 Å². The molecule has 1 aromatic rings. The van der Waals surface area contributed by atoms with Crippen molar-refractivity contribution in [3.63, 3.8) is 0 Å². The first-order chi connectivity index (χ1) is 8.86. The van der Waals surface area contributed by atoms with Gasteiger partial charge in [-0.2, -0.15) is 0 Å². The lowest BCUT2D eigenvalue weighted by Crippen LogP contribution is -2.47. The number of piperazine rings is 1. The fraction of sp³-hybridized carbons (Fsp3) is 0.643. The summed E-state index contributed by atoms with van der Waals surface area (Å²) in [6.07, 6.45) is 4.75. The maximum atomic E-state index is 5.78. The molecule has 18 heavy (non-hydrogen) atoms. The van der Waals surface area contributed by atoms with Crippen LogP contribution in [0.5, 0.6) is 0 Å². The first-order valence-corrected chi connectivity index (χ1v) is 6.98. The maximum absolute atomic E-state index is 5.78. The predicted octanol–water partition coefficient (Wildman–Crippen LogP) is 1.07. The quantitative estimate of drug-likeness (QED) is 0.863. The van der Waals surface area contributed by atoms with Crippen LogP contribution in [0.1, 0.15) is 18.4 Å². The molecule has 4 nitrogen and oxygen atoms in total. The largest absolute Gasteiger partial charge is 0.354 e. The van der Waals surface area contributed by atoms with Gasteiger partial charge in [0.2, 0.25) is 0 Å². The van der Waals surface area contributed by atoms with Crippen molar-refractivity contribution in [2.45, 2.75) is 19.4 Å². The molecule has 0 bridgehead atoms. The summed E-state index contributed by atoms with van der Waals surface area (Å²) in [7, 11) is 0. The third kappa shape index (κ3) is 2.65. The highest BCUT2D eigenvalue weighted by Gasteiger charge is 2.26. The average molecular weight is 246 g/mol. The van der Waals surface area contributed by atoms with Crippen LogP contribution in [0.4, 0.5) is 5.82 Å².